The normalized spacial score (nSPS) is 22.2. The summed E-state index contributed by atoms with van der Waals surface area (Å²) in [6, 6.07) is 7.82. The number of carbonyl (C=O) groups is 2. The number of H-pyrrole nitrogens is 1. The maximum Gasteiger partial charge on any atom is 0.319 e. The Morgan fingerprint density at radius 1 is 1.23 bits per heavy atom. The zero-order valence-corrected chi connectivity index (χ0v) is 14.6. The van der Waals surface area contributed by atoms with Gasteiger partial charge in [-0.25, -0.2) is 4.79 Å². The molecule has 7 heteroatoms. The third-order valence-corrected chi connectivity index (χ3v) is 5.34. The molecule has 0 atom stereocenters. The van der Waals surface area contributed by atoms with Gasteiger partial charge in [-0.1, -0.05) is 6.07 Å². The highest BCUT2D eigenvalue weighted by atomic mass is 16.4. The number of nitrogens with zero attached hydrogens (tertiary/aromatic N) is 1. The molecule has 0 saturated heterocycles. The molecule has 1 heterocycles. The number of aromatic amines is 1. The first-order valence-corrected chi connectivity index (χ1v) is 9.18. The first kappa shape index (κ1) is 16.9. The number of rotatable bonds is 7. The van der Waals surface area contributed by atoms with Gasteiger partial charge in [0.15, 0.2) is 0 Å². The minimum atomic E-state index is -0.778. The Balaban J connectivity index is 1.28. The van der Waals surface area contributed by atoms with Crippen LogP contribution in [0.15, 0.2) is 30.5 Å². The van der Waals surface area contributed by atoms with E-state index in [1.807, 2.05) is 30.5 Å². The third-order valence-electron chi connectivity index (χ3n) is 5.34. The fourth-order valence-corrected chi connectivity index (χ4v) is 3.69. The lowest BCUT2D eigenvalue weighted by Crippen LogP contribution is -2.55. The van der Waals surface area contributed by atoms with Gasteiger partial charge in [-0.05, 0) is 49.8 Å². The second kappa shape index (κ2) is 6.99. The average Bonchev–Trinajstić information content (AvgIpc) is 3.22. The largest absolute Gasteiger partial charge is 0.480 e. The van der Waals surface area contributed by atoms with Crippen LogP contribution in [0.25, 0.3) is 10.9 Å². The van der Waals surface area contributed by atoms with Crippen LogP contribution in [0.4, 0.5) is 10.5 Å². The van der Waals surface area contributed by atoms with E-state index in [9.17, 15) is 9.59 Å². The van der Waals surface area contributed by atoms with E-state index in [-0.39, 0.29) is 24.7 Å². The molecule has 1 aromatic heterocycles. The van der Waals surface area contributed by atoms with Gasteiger partial charge in [-0.3, -0.25) is 9.69 Å². The van der Waals surface area contributed by atoms with Crippen LogP contribution in [0.2, 0.25) is 0 Å². The van der Waals surface area contributed by atoms with Crippen molar-refractivity contribution >= 4 is 28.6 Å². The standard InChI is InChI=1S/C19H24N4O3/c24-18(25)11-23(10-12-4-5-12)14-8-13(9-14)21-19(26)22-17-3-1-2-16-15(17)6-7-20-16/h1-3,6-7,12-14,20H,4-5,8-11H2,(H,24,25)(H2,21,22,26). The van der Waals surface area contributed by atoms with Crippen LogP contribution in [-0.4, -0.2) is 52.2 Å². The quantitative estimate of drug-likeness (QED) is 0.613. The lowest BCUT2D eigenvalue weighted by atomic mass is 9.85. The highest BCUT2D eigenvalue weighted by molar-refractivity contribution is 6.00. The maximum atomic E-state index is 12.3. The Labute approximate surface area is 151 Å². The first-order valence-electron chi connectivity index (χ1n) is 9.18. The molecule has 0 unspecified atom stereocenters. The van der Waals surface area contributed by atoms with E-state index in [4.69, 9.17) is 5.11 Å². The monoisotopic (exact) mass is 356 g/mol. The fraction of sp³-hybridized carbons (Fsp3) is 0.474. The number of aromatic nitrogens is 1. The molecule has 2 amide bonds. The van der Waals surface area contributed by atoms with Gasteiger partial charge in [0.1, 0.15) is 0 Å². The molecule has 2 saturated carbocycles. The molecule has 0 radical (unpaired) electrons. The number of aliphatic carboxylic acids is 1. The number of nitrogens with one attached hydrogen (secondary N) is 3. The summed E-state index contributed by atoms with van der Waals surface area (Å²) in [5.41, 5.74) is 1.76. The molecule has 0 bridgehead atoms. The van der Waals surface area contributed by atoms with Crippen LogP contribution in [0.3, 0.4) is 0 Å². The van der Waals surface area contributed by atoms with Crippen molar-refractivity contribution in [2.45, 2.75) is 37.8 Å². The summed E-state index contributed by atoms with van der Waals surface area (Å²) >= 11 is 0. The van der Waals surface area contributed by atoms with E-state index in [1.165, 1.54) is 12.8 Å². The predicted octanol–water partition coefficient (Wildman–Crippen LogP) is 2.62. The molecule has 2 aliphatic carbocycles. The van der Waals surface area contributed by atoms with E-state index >= 15 is 0 Å². The number of carboxylic acid groups (broad SMARTS) is 1. The summed E-state index contributed by atoms with van der Waals surface area (Å²) < 4.78 is 0. The minimum Gasteiger partial charge on any atom is -0.480 e. The Kier molecular flexibility index (Phi) is 4.55. The number of amides is 2. The predicted molar refractivity (Wildman–Crippen MR) is 99.2 cm³/mol. The van der Waals surface area contributed by atoms with Gasteiger partial charge in [0, 0.05) is 35.7 Å². The van der Waals surface area contributed by atoms with Gasteiger partial charge in [0.25, 0.3) is 0 Å². The second-order valence-corrected chi connectivity index (χ2v) is 7.43. The Morgan fingerprint density at radius 3 is 2.77 bits per heavy atom. The number of urea groups is 1. The highest BCUT2D eigenvalue weighted by Crippen LogP contribution is 2.33. The Hall–Kier alpha value is -2.54. The number of hydrogen-bond donors (Lipinski definition) is 4. The Bertz CT molecular complexity index is 808. The highest BCUT2D eigenvalue weighted by Gasteiger charge is 2.37. The fourth-order valence-electron chi connectivity index (χ4n) is 3.69. The van der Waals surface area contributed by atoms with Gasteiger partial charge in [-0.2, -0.15) is 0 Å². The molecular formula is C19H24N4O3. The molecule has 26 heavy (non-hydrogen) atoms. The van der Waals surface area contributed by atoms with E-state index in [2.05, 4.69) is 20.5 Å². The molecule has 0 aliphatic heterocycles. The molecule has 4 N–H and O–H groups in total. The van der Waals surface area contributed by atoms with Gasteiger partial charge in [-0.15, -0.1) is 0 Å². The topological polar surface area (TPSA) is 97.5 Å². The van der Waals surface area contributed by atoms with Gasteiger partial charge in [0.05, 0.1) is 12.2 Å². The summed E-state index contributed by atoms with van der Waals surface area (Å²) in [5.74, 6) is -0.120. The molecule has 2 aromatic rings. The number of fused-ring (bicyclic) bond motifs is 1. The number of anilines is 1. The maximum absolute atomic E-state index is 12.3. The molecule has 138 valence electrons. The van der Waals surface area contributed by atoms with Crippen LogP contribution in [0.5, 0.6) is 0 Å². The minimum absolute atomic E-state index is 0.0928. The van der Waals surface area contributed by atoms with Crippen molar-refractivity contribution in [2.75, 3.05) is 18.4 Å². The zero-order valence-electron chi connectivity index (χ0n) is 14.6. The van der Waals surface area contributed by atoms with Gasteiger partial charge >= 0.3 is 12.0 Å². The van der Waals surface area contributed by atoms with Crippen LogP contribution in [0, 0.1) is 5.92 Å². The molecule has 4 rings (SSSR count). The Morgan fingerprint density at radius 2 is 2.04 bits per heavy atom. The van der Waals surface area contributed by atoms with Crippen molar-refractivity contribution in [1.82, 2.24) is 15.2 Å². The molecule has 7 nitrogen and oxygen atoms in total. The summed E-state index contributed by atoms with van der Waals surface area (Å²) in [5, 5.41) is 16.0. The lowest BCUT2D eigenvalue weighted by Gasteiger charge is -2.42. The lowest BCUT2D eigenvalue weighted by molar-refractivity contribution is -0.139. The second-order valence-electron chi connectivity index (χ2n) is 7.43. The molecule has 2 aliphatic rings. The molecule has 0 spiro atoms. The SMILES string of the molecule is O=C(O)CN(CC1CC1)C1CC(NC(=O)Nc2cccc3[nH]ccc23)C1. The number of benzene rings is 1. The van der Waals surface area contributed by atoms with Crippen molar-refractivity contribution in [3.05, 3.63) is 30.5 Å². The smallest absolute Gasteiger partial charge is 0.319 e. The summed E-state index contributed by atoms with van der Waals surface area (Å²) in [6.45, 7) is 0.959. The molecular weight excluding hydrogens is 332 g/mol. The summed E-state index contributed by atoms with van der Waals surface area (Å²) in [7, 11) is 0. The van der Waals surface area contributed by atoms with Gasteiger partial charge in [0.2, 0.25) is 0 Å². The van der Waals surface area contributed by atoms with Gasteiger partial charge < -0.3 is 20.7 Å². The van der Waals surface area contributed by atoms with Crippen molar-refractivity contribution in [3.63, 3.8) is 0 Å². The first-order chi connectivity index (χ1) is 12.6. The van der Waals surface area contributed by atoms with Crippen LogP contribution in [-0.2, 0) is 4.79 Å². The van der Waals surface area contributed by atoms with Crippen LogP contribution in [0.1, 0.15) is 25.7 Å². The van der Waals surface area contributed by atoms with Crippen LogP contribution >= 0.6 is 0 Å². The number of hydrogen-bond acceptors (Lipinski definition) is 3. The number of carbonyl (C=O) groups excluding carboxylic acids is 1. The van der Waals surface area contributed by atoms with E-state index in [1.54, 1.807) is 0 Å². The van der Waals surface area contributed by atoms with Crippen LogP contribution < -0.4 is 10.6 Å². The van der Waals surface area contributed by atoms with E-state index in [0.29, 0.717) is 5.92 Å². The van der Waals surface area contributed by atoms with Crippen molar-refractivity contribution in [2.24, 2.45) is 5.92 Å². The molecule has 1 aromatic carbocycles. The van der Waals surface area contributed by atoms with E-state index < -0.39 is 5.97 Å². The van der Waals surface area contributed by atoms with Crippen molar-refractivity contribution in [1.29, 1.82) is 0 Å². The summed E-state index contributed by atoms with van der Waals surface area (Å²) in [6.07, 6.45) is 5.87. The third kappa shape index (κ3) is 3.83. The molecule has 2 fully saturated rings. The summed E-state index contributed by atoms with van der Waals surface area (Å²) in [4.78, 5) is 28.6. The average molecular weight is 356 g/mol. The zero-order chi connectivity index (χ0) is 18.1. The van der Waals surface area contributed by atoms with E-state index in [0.717, 1.165) is 36.0 Å². The number of carboxylic acids is 1. The van der Waals surface area contributed by atoms with Crippen molar-refractivity contribution in [3.8, 4) is 0 Å². The van der Waals surface area contributed by atoms with Crippen molar-refractivity contribution < 1.29 is 14.7 Å².